The Morgan fingerprint density at radius 1 is 1.30 bits per heavy atom. The van der Waals surface area contributed by atoms with Crippen LogP contribution in [0.4, 0.5) is 5.69 Å². The van der Waals surface area contributed by atoms with Crippen molar-refractivity contribution in [2.45, 2.75) is 20.4 Å². The van der Waals surface area contributed by atoms with Crippen LogP contribution in [0.1, 0.15) is 17.0 Å². The van der Waals surface area contributed by atoms with Gasteiger partial charge in [-0.2, -0.15) is 5.10 Å². The van der Waals surface area contributed by atoms with Crippen molar-refractivity contribution in [1.82, 2.24) is 14.8 Å². The normalized spacial score (nSPS) is 11.1. The van der Waals surface area contributed by atoms with Gasteiger partial charge in [0.25, 0.3) is 0 Å². The van der Waals surface area contributed by atoms with E-state index in [1.54, 1.807) is 11.0 Å². The van der Waals surface area contributed by atoms with Crippen molar-refractivity contribution >= 4 is 35.6 Å². The summed E-state index contributed by atoms with van der Waals surface area (Å²) in [4.78, 5) is 8.29. The fourth-order valence-electron chi connectivity index (χ4n) is 1.85. The van der Waals surface area contributed by atoms with Crippen molar-refractivity contribution in [1.29, 1.82) is 0 Å². The van der Waals surface area contributed by atoms with Crippen LogP contribution in [0.5, 0.6) is 0 Å². The number of nitrogens with one attached hydrogen (secondary N) is 1. The van der Waals surface area contributed by atoms with Crippen LogP contribution in [0.2, 0.25) is 0 Å². The van der Waals surface area contributed by atoms with Gasteiger partial charge in [0.05, 0.1) is 0 Å². The van der Waals surface area contributed by atoms with Gasteiger partial charge >= 0.3 is 0 Å². The molecule has 0 aliphatic heterocycles. The molecule has 0 amide bonds. The molecule has 0 atom stereocenters. The molecule has 1 aromatic carbocycles. The SMILES string of the molecule is Cc1cc(C)cc(NC(N)=NCc2ncn(C)n2)c1.I. The number of nitrogens with zero attached hydrogens (tertiary/aromatic N) is 4. The van der Waals surface area contributed by atoms with Gasteiger partial charge in [-0.3, -0.25) is 4.68 Å². The molecule has 0 saturated heterocycles. The third kappa shape index (κ3) is 4.80. The molecule has 1 heterocycles. The van der Waals surface area contributed by atoms with E-state index in [9.17, 15) is 0 Å². The quantitative estimate of drug-likeness (QED) is 0.480. The van der Waals surface area contributed by atoms with E-state index in [0.717, 1.165) is 5.69 Å². The molecule has 6 nitrogen and oxygen atoms in total. The number of benzene rings is 1. The Bertz CT molecular complexity index is 584. The first kappa shape index (κ1) is 16.4. The number of aromatic nitrogens is 3. The highest BCUT2D eigenvalue weighted by atomic mass is 127. The molecule has 0 saturated carbocycles. The summed E-state index contributed by atoms with van der Waals surface area (Å²) in [6, 6.07) is 6.15. The summed E-state index contributed by atoms with van der Waals surface area (Å²) in [6.07, 6.45) is 1.64. The first-order valence-electron chi connectivity index (χ1n) is 6.02. The Kier molecular flexibility index (Phi) is 5.93. The van der Waals surface area contributed by atoms with Crippen LogP contribution in [0, 0.1) is 13.8 Å². The Balaban J connectivity index is 0.00000200. The molecule has 20 heavy (non-hydrogen) atoms. The molecule has 0 unspecified atom stereocenters. The topological polar surface area (TPSA) is 81.1 Å². The minimum atomic E-state index is 0. The van der Waals surface area contributed by atoms with Crippen LogP contribution in [-0.4, -0.2) is 20.7 Å². The van der Waals surface area contributed by atoms with Crippen molar-refractivity contribution in [2.24, 2.45) is 17.8 Å². The van der Waals surface area contributed by atoms with Gasteiger partial charge in [0.1, 0.15) is 12.9 Å². The third-order valence-corrected chi connectivity index (χ3v) is 2.53. The molecule has 7 heteroatoms. The standard InChI is InChI=1S/C13H18N6.HI/c1-9-4-10(2)6-11(5-9)17-13(14)15-7-12-16-8-19(3)18-12;/h4-6,8H,7H2,1-3H3,(H3,14,15,17);1H. The molecule has 0 aliphatic rings. The van der Waals surface area contributed by atoms with Gasteiger partial charge in [0.15, 0.2) is 11.8 Å². The van der Waals surface area contributed by atoms with Crippen LogP contribution < -0.4 is 11.1 Å². The Hall–Kier alpha value is -1.64. The number of aliphatic imine (C=N–C) groups is 1. The third-order valence-electron chi connectivity index (χ3n) is 2.53. The van der Waals surface area contributed by atoms with Crippen LogP contribution >= 0.6 is 24.0 Å². The van der Waals surface area contributed by atoms with Gasteiger partial charge in [0.2, 0.25) is 0 Å². The molecule has 0 spiro atoms. The summed E-state index contributed by atoms with van der Waals surface area (Å²) in [5.41, 5.74) is 9.14. The molecule has 2 aromatic rings. The highest BCUT2D eigenvalue weighted by molar-refractivity contribution is 14.0. The van der Waals surface area contributed by atoms with Crippen molar-refractivity contribution in [3.8, 4) is 0 Å². The Labute approximate surface area is 135 Å². The average molecular weight is 386 g/mol. The summed E-state index contributed by atoms with van der Waals surface area (Å²) in [5.74, 6) is 1.00. The second kappa shape index (κ2) is 7.22. The van der Waals surface area contributed by atoms with E-state index >= 15 is 0 Å². The van der Waals surface area contributed by atoms with E-state index in [2.05, 4.69) is 26.5 Å². The number of hydrogen-bond donors (Lipinski definition) is 2. The number of guanidine groups is 1. The minimum absolute atomic E-state index is 0. The van der Waals surface area contributed by atoms with Crippen LogP contribution in [-0.2, 0) is 13.6 Å². The maximum absolute atomic E-state index is 5.84. The lowest BCUT2D eigenvalue weighted by atomic mass is 10.1. The molecule has 108 valence electrons. The molecule has 0 radical (unpaired) electrons. The van der Waals surface area contributed by atoms with Crippen molar-refractivity contribution < 1.29 is 0 Å². The van der Waals surface area contributed by atoms with Gasteiger partial charge in [-0.15, -0.1) is 24.0 Å². The lowest BCUT2D eigenvalue weighted by Gasteiger charge is -2.07. The number of rotatable bonds is 3. The molecule has 3 N–H and O–H groups in total. The maximum Gasteiger partial charge on any atom is 0.193 e. The van der Waals surface area contributed by atoms with Gasteiger partial charge in [0, 0.05) is 12.7 Å². The second-order valence-corrected chi connectivity index (χ2v) is 4.54. The first-order chi connectivity index (χ1) is 9.02. The van der Waals surface area contributed by atoms with E-state index in [1.165, 1.54) is 11.1 Å². The van der Waals surface area contributed by atoms with Crippen molar-refractivity contribution in [3.05, 3.63) is 41.5 Å². The number of anilines is 1. The van der Waals surface area contributed by atoms with Gasteiger partial charge < -0.3 is 11.1 Å². The predicted octanol–water partition coefficient (Wildman–Crippen LogP) is 1.98. The number of aryl methyl sites for hydroxylation is 3. The van der Waals surface area contributed by atoms with E-state index < -0.39 is 0 Å². The number of hydrogen-bond acceptors (Lipinski definition) is 3. The zero-order valence-electron chi connectivity index (χ0n) is 11.8. The summed E-state index contributed by atoms with van der Waals surface area (Å²) < 4.78 is 1.64. The fraction of sp³-hybridized carbons (Fsp3) is 0.308. The fourth-order valence-corrected chi connectivity index (χ4v) is 1.85. The monoisotopic (exact) mass is 386 g/mol. The summed E-state index contributed by atoms with van der Waals surface area (Å²) in [5, 5.41) is 7.20. The largest absolute Gasteiger partial charge is 0.370 e. The lowest BCUT2D eigenvalue weighted by Crippen LogP contribution is -2.22. The van der Waals surface area contributed by atoms with Crippen molar-refractivity contribution in [2.75, 3.05) is 5.32 Å². The molecular weight excluding hydrogens is 367 g/mol. The van der Waals surface area contributed by atoms with Crippen molar-refractivity contribution in [3.63, 3.8) is 0 Å². The zero-order chi connectivity index (χ0) is 13.8. The molecule has 2 rings (SSSR count). The summed E-state index contributed by atoms with van der Waals surface area (Å²) in [6.45, 7) is 4.46. The van der Waals surface area contributed by atoms with Crippen LogP contribution in [0.25, 0.3) is 0 Å². The minimum Gasteiger partial charge on any atom is -0.370 e. The zero-order valence-corrected chi connectivity index (χ0v) is 14.1. The maximum atomic E-state index is 5.84. The van der Waals surface area contributed by atoms with E-state index in [0.29, 0.717) is 18.3 Å². The smallest absolute Gasteiger partial charge is 0.193 e. The molecule has 1 aromatic heterocycles. The van der Waals surface area contributed by atoms with E-state index in [1.807, 2.05) is 33.0 Å². The molecule has 0 fully saturated rings. The first-order valence-corrected chi connectivity index (χ1v) is 6.02. The van der Waals surface area contributed by atoms with Gasteiger partial charge in [-0.25, -0.2) is 9.98 Å². The number of halogens is 1. The van der Waals surface area contributed by atoms with E-state index in [4.69, 9.17) is 5.73 Å². The van der Waals surface area contributed by atoms with Gasteiger partial charge in [-0.1, -0.05) is 6.07 Å². The Morgan fingerprint density at radius 2 is 1.95 bits per heavy atom. The average Bonchev–Trinajstić information content (AvgIpc) is 2.71. The molecule has 0 aliphatic carbocycles. The predicted molar refractivity (Wildman–Crippen MR) is 91.3 cm³/mol. The molecule has 0 bridgehead atoms. The second-order valence-electron chi connectivity index (χ2n) is 4.54. The number of nitrogens with two attached hydrogens (primary N) is 1. The highest BCUT2D eigenvalue weighted by Gasteiger charge is 2.00. The molecular formula is C13H19IN6. The van der Waals surface area contributed by atoms with Crippen LogP contribution in [0.15, 0.2) is 29.5 Å². The summed E-state index contributed by atoms with van der Waals surface area (Å²) >= 11 is 0. The summed E-state index contributed by atoms with van der Waals surface area (Å²) in [7, 11) is 1.82. The van der Waals surface area contributed by atoms with Gasteiger partial charge in [-0.05, 0) is 37.1 Å². The highest BCUT2D eigenvalue weighted by Crippen LogP contribution is 2.13. The van der Waals surface area contributed by atoms with Crippen LogP contribution in [0.3, 0.4) is 0 Å². The van der Waals surface area contributed by atoms with E-state index in [-0.39, 0.29) is 24.0 Å². The Morgan fingerprint density at radius 3 is 2.50 bits per heavy atom. The lowest BCUT2D eigenvalue weighted by molar-refractivity contribution is 0.742.